The van der Waals surface area contributed by atoms with Crippen molar-refractivity contribution in [1.29, 1.82) is 0 Å². The second-order valence-electron chi connectivity index (χ2n) is 6.14. The van der Waals surface area contributed by atoms with Crippen molar-refractivity contribution in [2.75, 3.05) is 26.2 Å². The van der Waals surface area contributed by atoms with Gasteiger partial charge in [-0.1, -0.05) is 35.9 Å². The molecule has 4 rings (SSSR count). The average molecular weight is 422 g/mol. The van der Waals surface area contributed by atoms with Crippen LogP contribution in [0.2, 0.25) is 4.34 Å². The molecule has 0 spiro atoms. The molecule has 9 heteroatoms. The Morgan fingerprint density at radius 1 is 1.00 bits per heavy atom. The third-order valence-corrected chi connectivity index (χ3v) is 8.08. The molecule has 1 aliphatic heterocycles. The SMILES string of the molecule is O=C(c1ccc2ccccc2n1)N1CCN(S(=O)(=O)c2ccc(Cl)s2)CC1. The molecule has 0 aliphatic carbocycles. The number of amides is 1. The van der Waals surface area contributed by atoms with Crippen LogP contribution in [0.1, 0.15) is 10.5 Å². The Kier molecular flexibility index (Phi) is 4.90. The molecule has 1 aromatic carbocycles. The molecule has 0 bridgehead atoms. The van der Waals surface area contributed by atoms with E-state index >= 15 is 0 Å². The van der Waals surface area contributed by atoms with Gasteiger partial charge in [-0.15, -0.1) is 11.3 Å². The average Bonchev–Trinajstić information content (AvgIpc) is 3.14. The van der Waals surface area contributed by atoms with E-state index in [0.29, 0.717) is 23.1 Å². The van der Waals surface area contributed by atoms with Crippen LogP contribution >= 0.6 is 22.9 Å². The Morgan fingerprint density at radius 2 is 1.74 bits per heavy atom. The molecule has 1 aliphatic rings. The summed E-state index contributed by atoms with van der Waals surface area (Å²) in [4.78, 5) is 18.8. The minimum absolute atomic E-state index is 0.183. The Bertz CT molecular complexity index is 1110. The number of sulfonamides is 1. The lowest BCUT2D eigenvalue weighted by atomic mass is 10.2. The van der Waals surface area contributed by atoms with Crippen molar-refractivity contribution < 1.29 is 13.2 Å². The first-order valence-corrected chi connectivity index (χ1v) is 11.0. The van der Waals surface area contributed by atoms with Gasteiger partial charge in [-0.05, 0) is 24.3 Å². The maximum Gasteiger partial charge on any atom is 0.272 e. The Hall–Kier alpha value is -2.00. The summed E-state index contributed by atoms with van der Waals surface area (Å²) in [6.07, 6.45) is 0. The normalized spacial score (nSPS) is 16.0. The van der Waals surface area contributed by atoms with Gasteiger partial charge in [0.2, 0.25) is 0 Å². The molecule has 0 N–H and O–H groups in total. The van der Waals surface area contributed by atoms with E-state index < -0.39 is 10.0 Å². The molecular formula is C18H16ClN3O3S2. The summed E-state index contributed by atoms with van der Waals surface area (Å²) in [6.45, 7) is 1.14. The molecule has 140 valence electrons. The quantitative estimate of drug-likeness (QED) is 0.651. The summed E-state index contributed by atoms with van der Waals surface area (Å²) in [5, 5.41) is 0.972. The Morgan fingerprint density at radius 3 is 2.44 bits per heavy atom. The first-order chi connectivity index (χ1) is 12.9. The lowest BCUT2D eigenvalue weighted by molar-refractivity contribution is 0.0692. The van der Waals surface area contributed by atoms with E-state index in [1.54, 1.807) is 17.0 Å². The van der Waals surface area contributed by atoms with Crippen LogP contribution in [0.3, 0.4) is 0 Å². The van der Waals surface area contributed by atoms with Gasteiger partial charge in [0.05, 0.1) is 9.85 Å². The zero-order valence-electron chi connectivity index (χ0n) is 14.2. The second-order valence-corrected chi connectivity index (χ2v) is 10.0. The number of halogens is 1. The molecule has 1 amide bonds. The number of benzene rings is 1. The highest BCUT2D eigenvalue weighted by Crippen LogP contribution is 2.28. The van der Waals surface area contributed by atoms with Crippen molar-refractivity contribution in [1.82, 2.24) is 14.2 Å². The molecule has 1 saturated heterocycles. The molecule has 1 fully saturated rings. The molecular weight excluding hydrogens is 406 g/mol. The van der Waals surface area contributed by atoms with E-state index in [1.165, 1.54) is 10.4 Å². The summed E-state index contributed by atoms with van der Waals surface area (Å²) in [6, 6.07) is 14.3. The zero-order chi connectivity index (χ0) is 19.0. The molecule has 0 radical (unpaired) electrons. The van der Waals surface area contributed by atoms with Crippen molar-refractivity contribution in [3.8, 4) is 0 Å². The molecule has 0 unspecified atom stereocenters. The highest BCUT2D eigenvalue weighted by atomic mass is 35.5. The van der Waals surface area contributed by atoms with E-state index in [9.17, 15) is 13.2 Å². The summed E-state index contributed by atoms with van der Waals surface area (Å²) in [5.74, 6) is -0.183. The number of carbonyl (C=O) groups excluding carboxylic acids is 1. The number of carbonyl (C=O) groups is 1. The van der Waals surface area contributed by atoms with Crippen LogP contribution in [0.15, 0.2) is 52.7 Å². The monoisotopic (exact) mass is 421 g/mol. The number of pyridine rings is 1. The van der Waals surface area contributed by atoms with Crippen molar-refractivity contribution in [3.05, 3.63) is 58.6 Å². The predicted octanol–water partition coefficient (Wildman–Crippen LogP) is 3.10. The molecule has 0 atom stereocenters. The number of rotatable bonds is 3. The van der Waals surface area contributed by atoms with Crippen LogP contribution in [-0.4, -0.2) is 54.7 Å². The minimum Gasteiger partial charge on any atom is -0.335 e. The number of nitrogens with zero attached hydrogens (tertiary/aromatic N) is 3. The maximum atomic E-state index is 12.8. The fourth-order valence-electron chi connectivity index (χ4n) is 3.04. The summed E-state index contributed by atoms with van der Waals surface area (Å²) >= 11 is 6.89. The van der Waals surface area contributed by atoms with Crippen LogP contribution in [0.25, 0.3) is 10.9 Å². The Labute approximate surface area is 166 Å². The summed E-state index contributed by atoms with van der Waals surface area (Å²) in [5.41, 5.74) is 1.13. The van der Waals surface area contributed by atoms with Crippen molar-refractivity contribution in [3.63, 3.8) is 0 Å². The topological polar surface area (TPSA) is 70.6 Å². The van der Waals surface area contributed by atoms with Gasteiger partial charge in [0, 0.05) is 31.6 Å². The van der Waals surface area contributed by atoms with Gasteiger partial charge in [-0.3, -0.25) is 4.79 Å². The first-order valence-electron chi connectivity index (χ1n) is 8.36. The fourth-order valence-corrected chi connectivity index (χ4v) is 6.10. The number of thiophene rings is 1. The van der Waals surface area contributed by atoms with Gasteiger partial charge in [0.15, 0.2) is 0 Å². The molecule has 2 aromatic heterocycles. The van der Waals surface area contributed by atoms with E-state index in [0.717, 1.165) is 22.2 Å². The lowest BCUT2D eigenvalue weighted by Crippen LogP contribution is -2.50. The smallest absolute Gasteiger partial charge is 0.272 e. The van der Waals surface area contributed by atoms with Gasteiger partial charge in [0.25, 0.3) is 15.9 Å². The minimum atomic E-state index is -3.57. The zero-order valence-corrected chi connectivity index (χ0v) is 16.6. The Balaban J connectivity index is 1.47. The first kappa shape index (κ1) is 18.4. The highest BCUT2D eigenvalue weighted by molar-refractivity contribution is 7.91. The number of hydrogen-bond acceptors (Lipinski definition) is 5. The van der Waals surface area contributed by atoms with Gasteiger partial charge in [-0.25, -0.2) is 13.4 Å². The molecule has 6 nitrogen and oxygen atoms in total. The fraction of sp³-hybridized carbons (Fsp3) is 0.222. The molecule has 3 heterocycles. The standard InChI is InChI=1S/C18H16ClN3O3S2/c19-16-7-8-17(26-16)27(24,25)22-11-9-21(10-12-22)18(23)15-6-5-13-3-1-2-4-14(13)20-15/h1-8H,9-12H2. The molecule has 3 aromatic rings. The van der Waals surface area contributed by atoms with Crippen LogP contribution in [0.5, 0.6) is 0 Å². The van der Waals surface area contributed by atoms with E-state index in [2.05, 4.69) is 4.98 Å². The number of hydrogen-bond donors (Lipinski definition) is 0. The van der Waals surface area contributed by atoms with Gasteiger partial charge >= 0.3 is 0 Å². The number of fused-ring (bicyclic) bond motifs is 1. The van der Waals surface area contributed by atoms with Crippen molar-refractivity contribution in [2.24, 2.45) is 0 Å². The van der Waals surface area contributed by atoms with Gasteiger partial charge < -0.3 is 4.90 Å². The lowest BCUT2D eigenvalue weighted by Gasteiger charge is -2.33. The molecule has 0 saturated carbocycles. The van der Waals surface area contributed by atoms with E-state index in [-0.39, 0.29) is 23.2 Å². The van der Waals surface area contributed by atoms with Crippen LogP contribution in [-0.2, 0) is 10.0 Å². The van der Waals surface area contributed by atoms with Gasteiger partial charge in [0.1, 0.15) is 9.90 Å². The number of aromatic nitrogens is 1. The van der Waals surface area contributed by atoms with E-state index in [1.807, 2.05) is 30.3 Å². The molecule has 27 heavy (non-hydrogen) atoms. The summed E-state index contributed by atoms with van der Waals surface area (Å²) in [7, 11) is -3.57. The van der Waals surface area contributed by atoms with Crippen LogP contribution < -0.4 is 0 Å². The second kappa shape index (κ2) is 7.20. The van der Waals surface area contributed by atoms with Crippen LogP contribution in [0.4, 0.5) is 0 Å². The van der Waals surface area contributed by atoms with E-state index in [4.69, 9.17) is 11.6 Å². The largest absolute Gasteiger partial charge is 0.335 e. The van der Waals surface area contributed by atoms with Crippen molar-refractivity contribution >= 4 is 49.8 Å². The number of piperazine rings is 1. The predicted molar refractivity (Wildman–Crippen MR) is 106 cm³/mol. The maximum absolute atomic E-state index is 12.8. The van der Waals surface area contributed by atoms with Crippen LogP contribution in [0, 0.1) is 0 Å². The summed E-state index contributed by atoms with van der Waals surface area (Å²) < 4.78 is 27.4. The number of para-hydroxylation sites is 1. The third-order valence-electron chi connectivity index (χ3n) is 4.49. The third kappa shape index (κ3) is 3.58. The highest BCUT2D eigenvalue weighted by Gasteiger charge is 2.31. The van der Waals surface area contributed by atoms with Gasteiger partial charge in [-0.2, -0.15) is 4.31 Å². The van der Waals surface area contributed by atoms with Crippen molar-refractivity contribution in [2.45, 2.75) is 4.21 Å².